The van der Waals surface area contributed by atoms with Crippen LogP contribution in [0.1, 0.15) is 29.9 Å². The molecule has 0 aliphatic rings. The van der Waals surface area contributed by atoms with E-state index in [4.69, 9.17) is 10.5 Å². The van der Waals surface area contributed by atoms with Gasteiger partial charge in [-0.25, -0.2) is 4.98 Å². The lowest BCUT2D eigenvalue weighted by Gasteiger charge is -2.08. The van der Waals surface area contributed by atoms with Crippen LogP contribution in [0.15, 0.2) is 0 Å². The molecule has 4 N–H and O–H groups in total. The second-order valence-corrected chi connectivity index (χ2v) is 5.38. The molecular formula is C12H22N4O2S. The number of aromatic nitrogens is 1. The Bertz CT molecular complexity index is 408. The summed E-state index contributed by atoms with van der Waals surface area (Å²) in [5.41, 5.74) is 5.75. The van der Waals surface area contributed by atoms with E-state index < -0.39 is 0 Å². The summed E-state index contributed by atoms with van der Waals surface area (Å²) in [6.45, 7) is 6.05. The summed E-state index contributed by atoms with van der Waals surface area (Å²) < 4.78 is 4.93. The third-order valence-electron chi connectivity index (χ3n) is 2.75. The molecule has 0 aliphatic carbocycles. The van der Waals surface area contributed by atoms with Crippen LogP contribution in [0.2, 0.25) is 0 Å². The Hall–Kier alpha value is -1.34. The van der Waals surface area contributed by atoms with Crippen molar-refractivity contribution >= 4 is 28.2 Å². The summed E-state index contributed by atoms with van der Waals surface area (Å²) in [4.78, 5) is 16.5. The van der Waals surface area contributed by atoms with E-state index in [9.17, 15) is 4.79 Å². The van der Waals surface area contributed by atoms with Crippen molar-refractivity contribution in [1.29, 1.82) is 0 Å². The fourth-order valence-corrected chi connectivity index (χ4v) is 2.15. The number of methoxy groups -OCH3 is 1. The van der Waals surface area contributed by atoms with Gasteiger partial charge in [-0.15, -0.1) is 0 Å². The van der Waals surface area contributed by atoms with E-state index in [1.165, 1.54) is 11.3 Å². The topological polar surface area (TPSA) is 89.3 Å². The minimum Gasteiger partial charge on any atom is -0.383 e. The highest BCUT2D eigenvalue weighted by Crippen LogP contribution is 2.24. The molecule has 1 unspecified atom stereocenters. The number of hydrogen-bond donors (Lipinski definition) is 3. The predicted octanol–water partition coefficient (Wildman–Crippen LogP) is 1.56. The van der Waals surface area contributed by atoms with E-state index >= 15 is 0 Å². The quantitative estimate of drug-likeness (QED) is 0.631. The third-order valence-corrected chi connectivity index (χ3v) is 3.78. The SMILES string of the molecule is CCC(C)CNC(=O)c1sc(NCCOC)nc1N. The average molecular weight is 286 g/mol. The van der Waals surface area contributed by atoms with Crippen molar-refractivity contribution in [2.75, 3.05) is 37.9 Å². The molecular weight excluding hydrogens is 264 g/mol. The number of nitrogens with two attached hydrogens (primary N) is 1. The molecule has 0 saturated carbocycles. The number of carbonyl (C=O) groups is 1. The van der Waals surface area contributed by atoms with Gasteiger partial charge in [0.05, 0.1) is 6.61 Å². The summed E-state index contributed by atoms with van der Waals surface area (Å²) in [6.07, 6.45) is 1.03. The van der Waals surface area contributed by atoms with Crippen LogP contribution in [0.5, 0.6) is 0 Å². The molecule has 19 heavy (non-hydrogen) atoms. The number of amides is 1. The summed E-state index contributed by atoms with van der Waals surface area (Å²) >= 11 is 1.26. The molecule has 0 bridgehead atoms. The highest BCUT2D eigenvalue weighted by atomic mass is 32.1. The summed E-state index contributed by atoms with van der Waals surface area (Å²) in [5, 5.41) is 6.57. The second kappa shape index (κ2) is 7.96. The number of nitrogens with one attached hydrogen (secondary N) is 2. The van der Waals surface area contributed by atoms with Crippen molar-refractivity contribution in [3.8, 4) is 0 Å². The standard InChI is InChI=1S/C12H22N4O2S/c1-4-8(2)7-15-11(17)9-10(13)16-12(19-9)14-5-6-18-3/h8H,4-7,13H2,1-3H3,(H,14,16)(H,15,17). The molecule has 0 aliphatic heterocycles. The van der Waals surface area contributed by atoms with Crippen molar-refractivity contribution in [2.45, 2.75) is 20.3 Å². The number of nitrogen functional groups attached to an aromatic ring is 1. The van der Waals surface area contributed by atoms with Crippen LogP contribution in [-0.4, -0.2) is 37.7 Å². The van der Waals surface area contributed by atoms with Crippen LogP contribution in [-0.2, 0) is 4.74 Å². The third kappa shape index (κ3) is 5.04. The zero-order valence-corrected chi connectivity index (χ0v) is 12.5. The fraction of sp³-hybridized carbons (Fsp3) is 0.667. The number of rotatable bonds is 8. The number of nitrogens with zero attached hydrogens (tertiary/aromatic N) is 1. The molecule has 7 heteroatoms. The predicted molar refractivity (Wildman–Crippen MR) is 78.7 cm³/mol. The Labute approximate surface area is 117 Å². The number of ether oxygens (including phenoxy) is 1. The largest absolute Gasteiger partial charge is 0.383 e. The van der Waals surface area contributed by atoms with Gasteiger partial charge in [0.15, 0.2) is 5.13 Å². The van der Waals surface area contributed by atoms with Gasteiger partial charge >= 0.3 is 0 Å². The van der Waals surface area contributed by atoms with Gasteiger partial charge in [-0.3, -0.25) is 4.79 Å². The van der Waals surface area contributed by atoms with E-state index in [1.807, 2.05) is 0 Å². The van der Waals surface area contributed by atoms with Gasteiger partial charge in [0, 0.05) is 20.2 Å². The molecule has 0 fully saturated rings. The van der Waals surface area contributed by atoms with Crippen LogP contribution in [0.25, 0.3) is 0 Å². The zero-order valence-electron chi connectivity index (χ0n) is 11.7. The molecule has 108 valence electrons. The molecule has 6 nitrogen and oxygen atoms in total. The maximum Gasteiger partial charge on any atom is 0.265 e. The first-order valence-electron chi connectivity index (χ1n) is 6.35. The molecule has 1 heterocycles. The Morgan fingerprint density at radius 3 is 2.95 bits per heavy atom. The Balaban J connectivity index is 2.54. The Morgan fingerprint density at radius 2 is 2.32 bits per heavy atom. The summed E-state index contributed by atoms with van der Waals surface area (Å²) in [5.74, 6) is 0.569. The minimum atomic E-state index is -0.157. The monoisotopic (exact) mass is 286 g/mol. The molecule has 0 aromatic carbocycles. The van der Waals surface area contributed by atoms with Gasteiger partial charge in [0.2, 0.25) is 0 Å². The van der Waals surface area contributed by atoms with E-state index in [2.05, 4.69) is 29.5 Å². The first kappa shape index (κ1) is 15.7. The van der Waals surface area contributed by atoms with Crippen LogP contribution < -0.4 is 16.4 Å². The zero-order chi connectivity index (χ0) is 14.3. The van der Waals surface area contributed by atoms with Gasteiger partial charge < -0.3 is 21.1 Å². The molecule has 0 spiro atoms. The first-order chi connectivity index (χ1) is 9.08. The lowest BCUT2D eigenvalue weighted by atomic mass is 10.1. The minimum absolute atomic E-state index is 0.157. The summed E-state index contributed by atoms with van der Waals surface area (Å²) in [7, 11) is 1.63. The fourth-order valence-electron chi connectivity index (χ4n) is 1.32. The Kier molecular flexibility index (Phi) is 6.58. The van der Waals surface area contributed by atoms with E-state index in [0.717, 1.165) is 6.42 Å². The van der Waals surface area contributed by atoms with Crippen molar-refractivity contribution in [1.82, 2.24) is 10.3 Å². The van der Waals surface area contributed by atoms with Crippen LogP contribution in [0.3, 0.4) is 0 Å². The molecule has 1 aromatic heterocycles. The van der Waals surface area contributed by atoms with Crippen molar-refractivity contribution < 1.29 is 9.53 Å². The van der Waals surface area contributed by atoms with Crippen molar-refractivity contribution in [3.63, 3.8) is 0 Å². The molecule has 0 saturated heterocycles. The maximum atomic E-state index is 12.0. The smallest absolute Gasteiger partial charge is 0.265 e. The first-order valence-corrected chi connectivity index (χ1v) is 7.17. The lowest BCUT2D eigenvalue weighted by molar-refractivity contribution is 0.0952. The number of hydrogen-bond acceptors (Lipinski definition) is 6. The van der Waals surface area contributed by atoms with Gasteiger partial charge in [-0.2, -0.15) is 0 Å². The molecule has 1 aromatic rings. The van der Waals surface area contributed by atoms with Crippen LogP contribution >= 0.6 is 11.3 Å². The van der Waals surface area contributed by atoms with Crippen molar-refractivity contribution in [2.24, 2.45) is 5.92 Å². The molecule has 1 rings (SSSR count). The normalized spacial score (nSPS) is 12.2. The van der Waals surface area contributed by atoms with Gasteiger partial charge in [-0.05, 0) is 5.92 Å². The van der Waals surface area contributed by atoms with Crippen LogP contribution in [0.4, 0.5) is 10.9 Å². The number of anilines is 2. The second-order valence-electron chi connectivity index (χ2n) is 4.38. The highest BCUT2D eigenvalue weighted by molar-refractivity contribution is 7.18. The van der Waals surface area contributed by atoms with Gasteiger partial charge in [0.25, 0.3) is 5.91 Å². The summed E-state index contributed by atoms with van der Waals surface area (Å²) in [6, 6.07) is 0. The lowest BCUT2D eigenvalue weighted by Crippen LogP contribution is -2.27. The molecule has 1 amide bonds. The molecule has 0 radical (unpaired) electrons. The molecule has 1 atom stereocenters. The van der Waals surface area contributed by atoms with E-state index in [1.54, 1.807) is 7.11 Å². The average Bonchev–Trinajstić information content (AvgIpc) is 2.77. The van der Waals surface area contributed by atoms with Crippen LogP contribution in [0, 0.1) is 5.92 Å². The van der Waals surface area contributed by atoms with Gasteiger partial charge in [0.1, 0.15) is 10.7 Å². The van der Waals surface area contributed by atoms with Gasteiger partial charge in [-0.1, -0.05) is 31.6 Å². The van der Waals surface area contributed by atoms with Crippen molar-refractivity contribution in [3.05, 3.63) is 4.88 Å². The number of thiazole rings is 1. The number of carbonyl (C=O) groups excluding carboxylic acids is 1. The van der Waals surface area contributed by atoms with E-state index in [0.29, 0.717) is 35.6 Å². The highest BCUT2D eigenvalue weighted by Gasteiger charge is 2.16. The van der Waals surface area contributed by atoms with E-state index in [-0.39, 0.29) is 11.7 Å². The Morgan fingerprint density at radius 1 is 1.58 bits per heavy atom. The maximum absolute atomic E-state index is 12.0.